The third-order valence-corrected chi connectivity index (χ3v) is 2.38. The van der Waals surface area contributed by atoms with Crippen LogP contribution < -0.4 is 11.1 Å². The average Bonchev–Trinajstić information content (AvgIpc) is 2.25. The number of rotatable bonds is 8. The van der Waals surface area contributed by atoms with Gasteiger partial charge in [0.05, 0.1) is 19.8 Å². The zero-order valence-corrected chi connectivity index (χ0v) is 9.65. The van der Waals surface area contributed by atoms with E-state index in [9.17, 15) is 4.79 Å². The van der Waals surface area contributed by atoms with E-state index in [1.807, 2.05) is 6.92 Å². The molecule has 0 bridgehead atoms. The van der Waals surface area contributed by atoms with Crippen LogP contribution in [0.2, 0.25) is 0 Å². The molecule has 96 valence electrons. The van der Waals surface area contributed by atoms with Gasteiger partial charge in [0.15, 0.2) is 0 Å². The predicted octanol–water partition coefficient (Wildman–Crippen LogP) is -1.66. The first-order valence-electron chi connectivity index (χ1n) is 5.39. The van der Waals surface area contributed by atoms with Crippen LogP contribution in [0.25, 0.3) is 0 Å². The van der Waals surface area contributed by atoms with Gasteiger partial charge in [-0.05, 0) is 19.8 Å². The summed E-state index contributed by atoms with van der Waals surface area (Å²) in [7, 11) is 0. The summed E-state index contributed by atoms with van der Waals surface area (Å²) in [5, 5.41) is 29.4. The molecule has 0 aliphatic heterocycles. The summed E-state index contributed by atoms with van der Waals surface area (Å²) in [6.45, 7) is 0.356. The van der Waals surface area contributed by atoms with Gasteiger partial charge < -0.3 is 26.4 Å². The number of nitrogens with one attached hydrogen (secondary N) is 1. The maximum atomic E-state index is 11.4. The van der Waals surface area contributed by atoms with E-state index in [0.29, 0.717) is 6.42 Å². The molecule has 6 heteroatoms. The number of aliphatic hydroxyl groups excluding tert-OH is 3. The Labute approximate surface area is 95.5 Å². The molecule has 0 aliphatic carbocycles. The van der Waals surface area contributed by atoms with Crippen molar-refractivity contribution in [3.8, 4) is 0 Å². The number of carbonyl (C=O) groups is 1. The predicted molar refractivity (Wildman–Crippen MR) is 59.6 cm³/mol. The van der Waals surface area contributed by atoms with Gasteiger partial charge in [-0.15, -0.1) is 0 Å². The lowest BCUT2D eigenvalue weighted by atomic mass is 10.0. The monoisotopic (exact) mass is 234 g/mol. The van der Waals surface area contributed by atoms with Crippen molar-refractivity contribution < 1.29 is 20.1 Å². The summed E-state index contributed by atoms with van der Waals surface area (Å²) in [5.74, 6) is -0.308. The highest BCUT2D eigenvalue weighted by molar-refractivity contribution is 5.76. The van der Waals surface area contributed by atoms with Gasteiger partial charge in [0.2, 0.25) is 5.91 Å². The molecule has 1 unspecified atom stereocenters. The van der Waals surface area contributed by atoms with Crippen LogP contribution in [0, 0.1) is 0 Å². The Balaban J connectivity index is 4.01. The summed E-state index contributed by atoms with van der Waals surface area (Å²) in [6, 6.07) is 0.0473. The minimum atomic E-state index is -1.33. The minimum absolute atomic E-state index is 0.0473. The molecule has 0 radical (unpaired) electrons. The topological polar surface area (TPSA) is 116 Å². The van der Waals surface area contributed by atoms with E-state index in [1.165, 1.54) is 0 Å². The summed E-state index contributed by atoms with van der Waals surface area (Å²) < 4.78 is 0. The summed E-state index contributed by atoms with van der Waals surface area (Å²) >= 11 is 0. The maximum absolute atomic E-state index is 11.4. The van der Waals surface area contributed by atoms with Crippen molar-refractivity contribution in [2.45, 2.75) is 37.8 Å². The molecule has 1 amide bonds. The second-order valence-electron chi connectivity index (χ2n) is 4.17. The molecule has 6 nitrogen and oxygen atoms in total. The van der Waals surface area contributed by atoms with Gasteiger partial charge in [0.1, 0.15) is 5.54 Å². The molecule has 0 rings (SSSR count). The first kappa shape index (κ1) is 15.3. The lowest BCUT2D eigenvalue weighted by molar-refractivity contribution is -0.125. The van der Waals surface area contributed by atoms with E-state index in [-0.39, 0.29) is 18.4 Å². The number of nitrogens with two attached hydrogens (primary N) is 1. The smallest absolute Gasteiger partial charge is 0.220 e. The molecule has 0 saturated carbocycles. The molecule has 0 fully saturated rings. The molecular formula is C10H22N2O4. The summed E-state index contributed by atoms with van der Waals surface area (Å²) in [6.07, 6.45) is 1.64. The van der Waals surface area contributed by atoms with Crippen LogP contribution in [0.1, 0.15) is 26.2 Å². The van der Waals surface area contributed by atoms with E-state index in [1.54, 1.807) is 0 Å². The third kappa shape index (κ3) is 5.41. The van der Waals surface area contributed by atoms with Crippen LogP contribution in [0.3, 0.4) is 0 Å². The second kappa shape index (κ2) is 7.56. The molecular weight excluding hydrogens is 212 g/mol. The number of carbonyl (C=O) groups excluding carboxylic acids is 1. The fraction of sp³-hybridized carbons (Fsp3) is 0.900. The highest BCUT2D eigenvalue weighted by Crippen LogP contribution is 2.04. The first-order chi connectivity index (χ1) is 7.49. The molecule has 16 heavy (non-hydrogen) atoms. The van der Waals surface area contributed by atoms with Crippen molar-refractivity contribution in [1.29, 1.82) is 0 Å². The molecule has 0 aliphatic rings. The normalized spacial score (nSPS) is 13.6. The van der Waals surface area contributed by atoms with Crippen molar-refractivity contribution in [3.63, 3.8) is 0 Å². The van der Waals surface area contributed by atoms with Gasteiger partial charge in [-0.2, -0.15) is 0 Å². The molecule has 0 spiro atoms. The Morgan fingerprint density at radius 1 is 1.31 bits per heavy atom. The van der Waals surface area contributed by atoms with Gasteiger partial charge in [-0.25, -0.2) is 0 Å². The molecule has 0 aromatic rings. The number of hydrogen-bond donors (Lipinski definition) is 5. The van der Waals surface area contributed by atoms with Crippen LogP contribution in [0.5, 0.6) is 0 Å². The van der Waals surface area contributed by atoms with E-state index in [0.717, 1.165) is 6.42 Å². The van der Waals surface area contributed by atoms with E-state index >= 15 is 0 Å². The van der Waals surface area contributed by atoms with Crippen molar-refractivity contribution in [2.24, 2.45) is 5.73 Å². The van der Waals surface area contributed by atoms with Gasteiger partial charge in [0.25, 0.3) is 0 Å². The molecule has 1 atom stereocenters. The zero-order valence-electron chi connectivity index (χ0n) is 9.65. The number of amides is 1. The van der Waals surface area contributed by atoms with E-state index in [2.05, 4.69) is 5.32 Å². The highest BCUT2D eigenvalue weighted by Gasteiger charge is 2.29. The zero-order chi connectivity index (χ0) is 12.6. The highest BCUT2D eigenvalue weighted by atomic mass is 16.3. The quantitative estimate of drug-likeness (QED) is 0.344. The Bertz CT molecular complexity index is 197. The Morgan fingerprint density at radius 3 is 2.19 bits per heavy atom. The van der Waals surface area contributed by atoms with Crippen LogP contribution in [0.15, 0.2) is 0 Å². The molecule has 0 saturated heterocycles. The first-order valence-corrected chi connectivity index (χ1v) is 5.39. The van der Waals surface area contributed by atoms with Crippen molar-refractivity contribution >= 4 is 5.91 Å². The van der Waals surface area contributed by atoms with Crippen LogP contribution in [-0.4, -0.2) is 52.6 Å². The molecule has 0 aromatic carbocycles. The van der Waals surface area contributed by atoms with Crippen LogP contribution >= 0.6 is 0 Å². The van der Waals surface area contributed by atoms with Crippen molar-refractivity contribution in [1.82, 2.24) is 5.32 Å². The number of aliphatic hydroxyl groups is 3. The number of hydrogen-bond acceptors (Lipinski definition) is 5. The summed E-state index contributed by atoms with van der Waals surface area (Å²) in [4.78, 5) is 11.4. The lowest BCUT2D eigenvalue weighted by Crippen LogP contribution is -2.57. The van der Waals surface area contributed by atoms with Gasteiger partial charge in [-0.1, -0.05) is 0 Å². The molecule has 0 heterocycles. The third-order valence-electron chi connectivity index (χ3n) is 2.38. The van der Waals surface area contributed by atoms with Crippen molar-refractivity contribution in [2.75, 3.05) is 19.8 Å². The van der Waals surface area contributed by atoms with Gasteiger partial charge >= 0.3 is 0 Å². The minimum Gasteiger partial charge on any atom is -0.394 e. The fourth-order valence-electron chi connectivity index (χ4n) is 1.21. The van der Waals surface area contributed by atoms with Crippen LogP contribution in [-0.2, 0) is 4.79 Å². The SMILES string of the molecule is CC(N)CCCC(=O)NC(CO)(CO)CO. The largest absolute Gasteiger partial charge is 0.394 e. The van der Waals surface area contributed by atoms with Gasteiger partial charge in [0, 0.05) is 12.5 Å². The van der Waals surface area contributed by atoms with E-state index in [4.69, 9.17) is 21.1 Å². The van der Waals surface area contributed by atoms with E-state index < -0.39 is 25.4 Å². The Morgan fingerprint density at radius 2 is 1.81 bits per heavy atom. The summed E-state index contributed by atoms with van der Waals surface area (Å²) in [5.41, 5.74) is 4.20. The van der Waals surface area contributed by atoms with Crippen LogP contribution in [0.4, 0.5) is 0 Å². The standard InChI is InChI=1S/C10H22N2O4/c1-8(11)3-2-4-9(16)12-10(5-13,6-14)7-15/h8,13-15H,2-7,11H2,1H3,(H,12,16). The second-order valence-corrected chi connectivity index (χ2v) is 4.17. The molecule has 6 N–H and O–H groups in total. The molecule has 0 aromatic heterocycles. The fourth-order valence-corrected chi connectivity index (χ4v) is 1.21. The van der Waals surface area contributed by atoms with Crippen molar-refractivity contribution in [3.05, 3.63) is 0 Å². The Hall–Kier alpha value is -0.690. The lowest BCUT2D eigenvalue weighted by Gasteiger charge is -2.28. The maximum Gasteiger partial charge on any atom is 0.220 e. The Kier molecular flexibility index (Phi) is 7.24. The average molecular weight is 234 g/mol. The van der Waals surface area contributed by atoms with Gasteiger partial charge in [-0.3, -0.25) is 4.79 Å².